The van der Waals surface area contributed by atoms with E-state index in [1.165, 1.54) is 4.90 Å². The maximum Gasteiger partial charge on any atom is 0.327 e. The Bertz CT molecular complexity index is 1040. The summed E-state index contributed by atoms with van der Waals surface area (Å²) in [6.07, 6.45) is 5.85. The van der Waals surface area contributed by atoms with E-state index in [-0.39, 0.29) is 11.9 Å². The Hall–Kier alpha value is -3.65. The number of aromatic amines is 1. The summed E-state index contributed by atoms with van der Waals surface area (Å²) in [5.74, 6) is 1.01. The number of carbonyl (C=O) groups is 1. The normalized spacial score (nSPS) is 13.7. The molecule has 0 saturated carbocycles. The van der Waals surface area contributed by atoms with Gasteiger partial charge in [0.2, 0.25) is 0 Å². The molecule has 1 fully saturated rings. The standard InChI is InChI=1S/C24H28N6O2/c1-32-22-6-4-5-18(13-22)16-30(23(25)17-29-11-2-3-12-29)24(31)28-21-9-7-19(8-10-21)20-14-26-27-15-20/h4-10,13-15,25H,2-3,11-12,16-17H2,1H3,(H,26,27)(H,28,31). The van der Waals surface area contributed by atoms with Crippen molar-refractivity contribution in [2.24, 2.45) is 0 Å². The van der Waals surface area contributed by atoms with E-state index in [2.05, 4.69) is 20.4 Å². The van der Waals surface area contributed by atoms with Crippen LogP contribution in [-0.2, 0) is 6.54 Å². The molecule has 1 aliphatic heterocycles. The lowest BCUT2D eigenvalue weighted by molar-refractivity contribution is 0.230. The number of methoxy groups -OCH3 is 1. The summed E-state index contributed by atoms with van der Waals surface area (Å²) in [7, 11) is 1.62. The maximum atomic E-state index is 13.2. The second-order valence-electron chi connectivity index (χ2n) is 7.86. The van der Waals surface area contributed by atoms with E-state index >= 15 is 0 Å². The van der Waals surface area contributed by atoms with Gasteiger partial charge in [0.05, 0.1) is 26.4 Å². The van der Waals surface area contributed by atoms with Crippen LogP contribution in [0.3, 0.4) is 0 Å². The van der Waals surface area contributed by atoms with Crippen LogP contribution in [0, 0.1) is 5.41 Å². The molecular formula is C24H28N6O2. The third kappa shape index (κ3) is 5.33. The summed E-state index contributed by atoms with van der Waals surface area (Å²) >= 11 is 0. The van der Waals surface area contributed by atoms with Gasteiger partial charge in [0.25, 0.3) is 0 Å². The van der Waals surface area contributed by atoms with Crippen LogP contribution in [0.15, 0.2) is 60.9 Å². The number of rotatable bonds is 7. The molecule has 0 radical (unpaired) electrons. The smallest absolute Gasteiger partial charge is 0.327 e. The summed E-state index contributed by atoms with van der Waals surface area (Å²) in [5.41, 5.74) is 3.56. The second-order valence-corrected chi connectivity index (χ2v) is 7.86. The molecule has 32 heavy (non-hydrogen) atoms. The summed E-state index contributed by atoms with van der Waals surface area (Å²) in [5, 5.41) is 18.4. The molecule has 0 atom stereocenters. The Morgan fingerprint density at radius 2 is 1.97 bits per heavy atom. The Labute approximate surface area is 187 Å². The Balaban J connectivity index is 1.49. The van der Waals surface area contributed by atoms with Crippen LogP contribution in [0.1, 0.15) is 18.4 Å². The van der Waals surface area contributed by atoms with E-state index < -0.39 is 0 Å². The molecule has 2 amide bonds. The lowest BCUT2D eigenvalue weighted by Gasteiger charge is -2.26. The minimum Gasteiger partial charge on any atom is -0.497 e. The van der Waals surface area contributed by atoms with Crippen LogP contribution < -0.4 is 10.1 Å². The van der Waals surface area contributed by atoms with Gasteiger partial charge in [-0.15, -0.1) is 0 Å². The van der Waals surface area contributed by atoms with Gasteiger partial charge >= 0.3 is 6.03 Å². The first-order valence-electron chi connectivity index (χ1n) is 10.7. The third-order valence-corrected chi connectivity index (χ3v) is 5.59. The number of likely N-dealkylation sites (tertiary alicyclic amines) is 1. The zero-order valence-corrected chi connectivity index (χ0v) is 18.2. The quantitative estimate of drug-likeness (QED) is 0.385. The first kappa shape index (κ1) is 21.6. The second kappa shape index (κ2) is 10.1. The third-order valence-electron chi connectivity index (χ3n) is 5.59. The van der Waals surface area contributed by atoms with Crippen molar-refractivity contribution in [3.05, 3.63) is 66.5 Å². The van der Waals surface area contributed by atoms with Crippen LogP contribution in [0.2, 0.25) is 0 Å². The van der Waals surface area contributed by atoms with Crippen molar-refractivity contribution in [2.75, 3.05) is 32.1 Å². The SMILES string of the molecule is COc1cccc(CN(C(=N)CN2CCCC2)C(=O)Nc2ccc(-c3cn[nH]c3)cc2)c1. The molecule has 3 aromatic rings. The van der Waals surface area contributed by atoms with Gasteiger partial charge in [0.15, 0.2) is 0 Å². The van der Waals surface area contributed by atoms with Crippen LogP contribution in [0.5, 0.6) is 5.75 Å². The molecule has 1 aliphatic rings. The van der Waals surface area contributed by atoms with E-state index in [9.17, 15) is 4.79 Å². The Morgan fingerprint density at radius 1 is 1.19 bits per heavy atom. The van der Waals surface area contributed by atoms with Crippen molar-refractivity contribution in [2.45, 2.75) is 19.4 Å². The van der Waals surface area contributed by atoms with Crippen molar-refractivity contribution in [3.8, 4) is 16.9 Å². The minimum atomic E-state index is -0.326. The Kier molecular flexibility index (Phi) is 6.81. The van der Waals surface area contributed by atoms with Gasteiger partial charge in [0, 0.05) is 17.4 Å². The lowest BCUT2D eigenvalue weighted by atomic mass is 10.1. The van der Waals surface area contributed by atoms with Gasteiger partial charge in [-0.05, 0) is 61.3 Å². The van der Waals surface area contributed by atoms with Crippen molar-refractivity contribution in [3.63, 3.8) is 0 Å². The van der Waals surface area contributed by atoms with Crippen LogP contribution in [0.25, 0.3) is 11.1 Å². The molecule has 0 aliphatic carbocycles. The molecule has 0 spiro atoms. The number of H-pyrrole nitrogens is 1. The van der Waals surface area contributed by atoms with E-state index in [4.69, 9.17) is 10.1 Å². The summed E-state index contributed by atoms with van der Waals surface area (Å²) < 4.78 is 5.31. The van der Waals surface area contributed by atoms with Crippen LogP contribution in [-0.4, -0.2) is 58.6 Å². The first-order chi connectivity index (χ1) is 15.6. The summed E-state index contributed by atoms with van der Waals surface area (Å²) in [4.78, 5) is 16.9. The molecule has 8 heteroatoms. The van der Waals surface area contributed by atoms with Crippen molar-refractivity contribution in [1.82, 2.24) is 20.0 Å². The predicted molar refractivity (Wildman–Crippen MR) is 125 cm³/mol. The highest BCUT2D eigenvalue weighted by Gasteiger charge is 2.23. The van der Waals surface area contributed by atoms with Gasteiger partial charge in [-0.25, -0.2) is 4.79 Å². The number of hydrogen-bond acceptors (Lipinski definition) is 5. The number of amides is 2. The van der Waals surface area contributed by atoms with E-state index in [0.29, 0.717) is 18.8 Å². The molecule has 2 aromatic carbocycles. The molecule has 4 rings (SSSR count). The van der Waals surface area contributed by atoms with Crippen molar-refractivity contribution in [1.29, 1.82) is 5.41 Å². The van der Waals surface area contributed by atoms with Crippen molar-refractivity contribution < 1.29 is 9.53 Å². The number of hydrogen-bond donors (Lipinski definition) is 3. The molecule has 3 N–H and O–H groups in total. The fourth-order valence-corrected chi connectivity index (χ4v) is 3.83. The fraction of sp³-hybridized carbons (Fsp3) is 0.292. The van der Waals surface area contributed by atoms with Crippen LogP contribution >= 0.6 is 0 Å². The van der Waals surface area contributed by atoms with Crippen LogP contribution in [0.4, 0.5) is 10.5 Å². The summed E-state index contributed by atoms with van der Waals surface area (Å²) in [6.45, 7) is 2.68. The minimum absolute atomic E-state index is 0.280. The van der Waals surface area contributed by atoms with Gasteiger partial charge < -0.3 is 10.1 Å². The molecule has 1 saturated heterocycles. The highest BCUT2D eigenvalue weighted by molar-refractivity contribution is 6.02. The maximum absolute atomic E-state index is 13.2. The van der Waals surface area contributed by atoms with E-state index in [0.717, 1.165) is 48.4 Å². The molecule has 0 unspecified atom stereocenters. The summed E-state index contributed by atoms with van der Waals surface area (Å²) in [6, 6.07) is 14.8. The molecular weight excluding hydrogens is 404 g/mol. The Morgan fingerprint density at radius 3 is 2.66 bits per heavy atom. The topological polar surface area (TPSA) is 97.3 Å². The fourth-order valence-electron chi connectivity index (χ4n) is 3.83. The molecule has 1 aromatic heterocycles. The van der Waals surface area contributed by atoms with Gasteiger partial charge in [0.1, 0.15) is 11.6 Å². The first-order valence-corrected chi connectivity index (χ1v) is 10.7. The highest BCUT2D eigenvalue weighted by atomic mass is 16.5. The largest absolute Gasteiger partial charge is 0.497 e. The number of nitrogens with one attached hydrogen (secondary N) is 3. The molecule has 8 nitrogen and oxygen atoms in total. The number of carbonyl (C=O) groups excluding carboxylic acids is 1. The molecule has 2 heterocycles. The monoisotopic (exact) mass is 432 g/mol. The van der Waals surface area contributed by atoms with E-state index in [1.807, 2.05) is 54.7 Å². The zero-order valence-electron chi connectivity index (χ0n) is 18.2. The number of ether oxygens (including phenoxy) is 1. The number of benzene rings is 2. The predicted octanol–water partition coefficient (Wildman–Crippen LogP) is 4.19. The van der Waals surface area contributed by atoms with Gasteiger partial charge in [-0.1, -0.05) is 24.3 Å². The number of urea groups is 1. The average Bonchev–Trinajstić information content (AvgIpc) is 3.52. The number of aromatic nitrogens is 2. The molecule has 0 bridgehead atoms. The van der Waals surface area contributed by atoms with Crippen molar-refractivity contribution >= 4 is 17.6 Å². The number of nitrogens with zero attached hydrogens (tertiary/aromatic N) is 3. The number of anilines is 1. The van der Waals surface area contributed by atoms with E-state index in [1.54, 1.807) is 13.3 Å². The average molecular weight is 433 g/mol. The highest BCUT2D eigenvalue weighted by Crippen LogP contribution is 2.21. The van der Waals surface area contributed by atoms with Gasteiger partial charge in [-0.3, -0.25) is 20.3 Å². The van der Waals surface area contributed by atoms with Gasteiger partial charge in [-0.2, -0.15) is 5.10 Å². The zero-order chi connectivity index (χ0) is 22.3. The molecule has 166 valence electrons. The number of amidine groups is 1. The lowest BCUT2D eigenvalue weighted by Crippen LogP contribution is -2.44.